The molecular weight excluding hydrogens is 206 g/mol. The molecule has 1 aliphatic carbocycles. The molecule has 3 nitrogen and oxygen atoms in total. The van der Waals surface area contributed by atoms with Gasteiger partial charge in [0.1, 0.15) is 4.21 Å². The van der Waals surface area contributed by atoms with Crippen LogP contribution in [-0.4, -0.2) is 19.0 Å². The van der Waals surface area contributed by atoms with Crippen LogP contribution >= 0.6 is 11.5 Å². The van der Waals surface area contributed by atoms with Crippen molar-refractivity contribution in [3.05, 3.63) is 11.3 Å². The van der Waals surface area contributed by atoms with E-state index in [-0.39, 0.29) is 0 Å². The van der Waals surface area contributed by atoms with Crippen LogP contribution in [0.2, 0.25) is 0 Å². The molecule has 0 unspecified atom stereocenters. The highest BCUT2D eigenvalue weighted by Crippen LogP contribution is 2.29. The molecule has 0 spiro atoms. The van der Waals surface area contributed by atoms with Gasteiger partial charge in [0.25, 0.3) is 0 Å². The Kier molecular flexibility index (Phi) is 2.15. The molecule has 1 aromatic rings. The third-order valence-corrected chi connectivity index (χ3v) is 5.04. The van der Waals surface area contributed by atoms with Crippen molar-refractivity contribution in [2.24, 2.45) is 0 Å². The van der Waals surface area contributed by atoms with Gasteiger partial charge in [-0.1, -0.05) is 0 Å². The van der Waals surface area contributed by atoms with Gasteiger partial charge < -0.3 is 0 Å². The van der Waals surface area contributed by atoms with Gasteiger partial charge in [-0.2, -0.15) is 4.37 Å². The molecule has 0 fully saturated rings. The average molecular weight is 217 g/mol. The normalized spacial score (nSPS) is 17.0. The first-order valence-corrected chi connectivity index (χ1v) is 6.93. The van der Waals surface area contributed by atoms with E-state index in [9.17, 15) is 8.42 Å². The minimum atomic E-state index is -3.04. The van der Waals surface area contributed by atoms with Crippen molar-refractivity contribution in [3.63, 3.8) is 0 Å². The maximum Gasteiger partial charge on any atom is 0.186 e. The van der Waals surface area contributed by atoms with Gasteiger partial charge in [-0.05, 0) is 37.2 Å². The fourth-order valence-corrected chi connectivity index (χ4v) is 3.70. The van der Waals surface area contributed by atoms with Crippen molar-refractivity contribution < 1.29 is 8.42 Å². The molecule has 0 bridgehead atoms. The number of hydrogen-bond donors (Lipinski definition) is 0. The van der Waals surface area contributed by atoms with Gasteiger partial charge in [0.15, 0.2) is 9.84 Å². The van der Waals surface area contributed by atoms with Crippen LogP contribution < -0.4 is 0 Å². The predicted molar refractivity (Wildman–Crippen MR) is 51.9 cm³/mol. The van der Waals surface area contributed by atoms with Gasteiger partial charge in [-0.15, -0.1) is 0 Å². The van der Waals surface area contributed by atoms with Crippen LogP contribution in [0.1, 0.15) is 24.1 Å². The fraction of sp³-hybridized carbons (Fsp3) is 0.625. The summed E-state index contributed by atoms with van der Waals surface area (Å²) in [5, 5.41) is 0. The first-order chi connectivity index (χ1) is 6.09. The van der Waals surface area contributed by atoms with E-state index < -0.39 is 9.84 Å². The van der Waals surface area contributed by atoms with E-state index in [0.29, 0.717) is 4.21 Å². The van der Waals surface area contributed by atoms with Gasteiger partial charge in [-0.25, -0.2) is 8.42 Å². The molecule has 0 aliphatic heterocycles. The highest BCUT2D eigenvalue weighted by atomic mass is 32.2. The monoisotopic (exact) mass is 217 g/mol. The summed E-state index contributed by atoms with van der Waals surface area (Å²) in [5.41, 5.74) is 2.00. The number of sulfone groups is 1. The predicted octanol–water partition coefficient (Wildman–Crippen LogP) is 1.43. The lowest BCUT2D eigenvalue weighted by Crippen LogP contribution is -2.05. The van der Waals surface area contributed by atoms with Gasteiger partial charge in [0, 0.05) is 11.8 Å². The highest BCUT2D eigenvalue weighted by Gasteiger charge is 2.22. The van der Waals surface area contributed by atoms with Crippen LogP contribution in [0.25, 0.3) is 0 Å². The Morgan fingerprint density at radius 2 is 2.00 bits per heavy atom. The smallest absolute Gasteiger partial charge is 0.186 e. The molecule has 1 heterocycles. The largest absolute Gasteiger partial charge is 0.223 e. The Morgan fingerprint density at radius 3 is 2.69 bits per heavy atom. The second-order valence-electron chi connectivity index (χ2n) is 3.37. The molecule has 2 rings (SSSR count). The second-order valence-corrected chi connectivity index (χ2v) is 6.36. The summed E-state index contributed by atoms with van der Waals surface area (Å²) in [6.45, 7) is 0. The zero-order valence-corrected chi connectivity index (χ0v) is 9.04. The first-order valence-electron chi connectivity index (χ1n) is 4.26. The molecule has 0 saturated carbocycles. The van der Waals surface area contributed by atoms with E-state index in [2.05, 4.69) is 4.37 Å². The molecule has 72 valence electrons. The molecule has 0 N–H and O–H groups in total. The van der Waals surface area contributed by atoms with Crippen LogP contribution in [0.3, 0.4) is 0 Å². The molecule has 5 heteroatoms. The second kappa shape index (κ2) is 3.06. The third-order valence-electron chi connectivity index (χ3n) is 2.26. The summed E-state index contributed by atoms with van der Waals surface area (Å²) < 4.78 is 27.3. The number of hydrogen-bond acceptors (Lipinski definition) is 4. The van der Waals surface area contributed by atoms with E-state index in [0.717, 1.165) is 48.5 Å². The molecule has 13 heavy (non-hydrogen) atoms. The lowest BCUT2D eigenvalue weighted by Gasteiger charge is -2.09. The Labute approximate surface area is 81.9 Å². The van der Waals surface area contributed by atoms with Crippen LogP contribution in [0, 0.1) is 0 Å². The molecule has 0 aromatic carbocycles. The van der Waals surface area contributed by atoms with E-state index in [1.54, 1.807) is 0 Å². The van der Waals surface area contributed by atoms with E-state index >= 15 is 0 Å². The van der Waals surface area contributed by atoms with E-state index in [1.165, 1.54) is 6.26 Å². The zero-order chi connectivity index (χ0) is 9.47. The number of aryl methyl sites for hydroxylation is 1. The van der Waals surface area contributed by atoms with Crippen molar-refractivity contribution in [2.75, 3.05) is 6.26 Å². The molecule has 1 aliphatic rings. The van der Waals surface area contributed by atoms with Crippen molar-refractivity contribution in [1.82, 2.24) is 4.37 Å². The maximum atomic E-state index is 11.3. The van der Waals surface area contributed by atoms with Crippen LogP contribution in [-0.2, 0) is 22.7 Å². The summed E-state index contributed by atoms with van der Waals surface area (Å²) in [4.78, 5) is 0. The molecular formula is C8H11NO2S2. The minimum Gasteiger partial charge on any atom is -0.223 e. The summed E-state index contributed by atoms with van der Waals surface area (Å²) in [7, 11) is -3.04. The average Bonchev–Trinajstić information content (AvgIpc) is 2.45. The number of nitrogens with zero attached hydrogens (tertiary/aromatic N) is 1. The number of rotatable bonds is 1. The van der Waals surface area contributed by atoms with Crippen LogP contribution in [0.4, 0.5) is 0 Å². The number of aromatic nitrogens is 1. The van der Waals surface area contributed by atoms with E-state index in [4.69, 9.17) is 0 Å². The van der Waals surface area contributed by atoms with Gasteiger partial charge in [0.05, 0.1) is 5.69 Å². The zero-order valence-electron chi connectivity index (χ0n) is 7.41. The van der Waals surface area contributed by atoms with Crippen LogP contribution in [0.5, 0.6) is 0 Å². The number of fused-ring (bicyclic) bond motifs is 1. The van der Waals surface area contributed by atoms with Gasteiger partial charge >= 0.3 is 0 Å². The SMILES string of the molecule is CS(=O)(=O)c1snc2c1CCCC2. The Balaban J connectivity index is 2.55. The standard InChI is InChI=1S/C8H11NO2S2/c1-13(10,11)8-6-4-2-3-5-7(6)9-12-8/h2-5H2,1H3. The van der Waals surface area contributed by atoms with Gasteiger partial charge in [-0.3, -0.25) is 0 Å². The first kappa shape index (κ1) is 9.15. The third kappa shape index (κ3) is 1.62. The summed E-state index contributed by atoms with van der Waals surface area (Å²) in [6, 6.07) is 0. The topological polar surface area (TPSA) is 47.0 Å². The summed E-state index contributed by atoms with van der Waals surface area (Å²) in [5.74, 6) is 0. The van der Waals surface area contributed by atoms with E-state index in [1.807, 2.05) is 0 Å². The molecule has 1 aromatic heterocycles. The molecule has 0 saturated heterocycles. The van der Waals surface area contributed by atoms with Crippen LogP contribution in [0.15, 0.2) is 4.21 Å². The lowest BCUT2D eigenvalue weighted by atomic mass is 9.99. The van der Waals surface area contributed by atoms with Crippen molar-refractivity contribution >= 4 is 21.4 Å². The quantitative estimate of drug-likeness (QED) is 0.715. The maximum absolute atomic E-state index is 11.3. The molecule has 0 amide bonds. The Morgan fingerprint density at radius 1 is 1.31 bits per heavy atom. The Bertz CT molecular complexity index is 419. The molecule has 0 atom stereocenters. The summed E-state index contributed by atoms with van der Waals surface area (Å²) in [6.07, 6.45) is 5.32. The van der Waals surface area contributed by atoms with Crippen molar-refractivity contribution in [3.8, 4) is 0 Å². The lowest BCUT2D eigenvalue weighted by molar-refractivity contribution is 0.600. The summed E-state index contributed by atoms with van der Waals surface area (Å²) >= 11 is 1.13. The van der Waals surface area contributed by atoms with Crippen molar-refractivity contribution in [1.29, 1.82) is 0 Å². The fourth-order valence-electron chi connectivity index (χ4n) is 1.65. The van der Waals surface area contributed by atoms with Crippen molar-refractivity contribution in [2.45, 2.75) is 29.9 Å². The minimum absolute atomic E-state index is 0.488. The van der Waals surface area contributed by atoms with Gasteiger partial charge in [0.2, 0.25) is 0 Å². The Hall–Kier alpha value is -0.420. The highest BCUT2D eigenvalue weighted by molar-refractivity contribution is 7.92. The molecule has 0 radical (unpaired) electrons.